The fraction of sp³-hybridized carbons (Fsp3) is 0.526. The number of esters is 1. The first kappa shape index (κ1) is 17.5. The van der Waals surface area contributed by atoms with E-state index in [1.807, 2.05) is 6.08 Å². The Bertz CT molecular complexity index is 460. The molecule has 0 aromatic carbocycles. The topological polar surface area (TPSA) is 26.3 Å². The zero-order valence-corrected chi connectivity index (χ0v) is 13.8. The van der Waals surface area contributed by atoms with Crippen molar-refractivity contribution in [3.63, 3.8) is 0 Å². The molecule has 0 N–H and O–H groups in total. The summed E-state index contributed by atoms with van der Waals surface area (Å²) in [4.78, 5) is 11.2. The molecule has 1 aliphatic heterocycles. The van der Waals surface area contributed by atoms with Gasteiger partial charge in [-0.3, -0.25) is 0 Å². The van der Waals surface area contributed by atoms with Crippen LogP contribution in [0.15, 0.2) is 47.1 Å². The third-order valence-electron chi connectivity index (χ3n) is 3.48. The van der Waals surface area contributed by atoms with Crippen LogP contribution in [-0.2, 0) is 9.53 Å². The fourth-order valence-corrected chi connectivity index (χ4v) is 2.27. The van der Waals surface area contributed by atoms with Gasteiger partial charge in [0.15, 0.2) is 0 Å². The second-order valence-corrected chi connectivity index (χ2v) is 6.04. The molecule has 0 amide bonds. The summed E-state index contributed by atoms with van der Waals surface area (Å²) in [6, 6.07) is 0. The first-order chi connectivity index (χ1) is 9.97. The molecule has 0 saturated carbocycles. The van der Waals surface area contributed by atoms with Gasteiger partial charge in [-0.2, -0.15) is 0 Å². The molecule has 0 radical (unpaired) electrons. The number of hydrogen-bond acceptors (Lipinski definition) is 2. The lowest BCUT2D eigenvalue weighted by atomic mass is 10.0. The standard InChI is InChI=1S/C19H28O2/c1-15(2)8-5-9-16(3)10-6-11-17(4)14-18-12-7-13-19(20)21-18/h7-8,10,13-14,18H,5-6,9,11-12H2,1-4H3/b16-10+,17-14+/t18-/m1/s1. The van der Waals surface area contributed by atoms with Gasteiger partial charge in [0.2, 0.25) is 0 Å². The van der Waals surface area contributed by atoms with E-state index in [4.69, 9.17) is 4.74 Å². The Balaban J connectivity index is 2.32. The van der Waals surface area contributed by atoms with Crippen LogP contribution in [0.5, 0.6) is 0 Å². The Kier molecular flexibility index (Phi) is 7.81. The van der Waals surface area contributed by atoms with Crippen LogP contribution in [0.3, 0.4) is 0 Å². The molecule has 0 aliphatic carbocycles. The molecule has 2 heteroatoms. The summed E-state index contributed by atoms with van der Waals surface area (Å²) in [7, 11) is 0. The minimum atomic E-state index is -0.231. The highest BCUT2D eigenvalue weighted by Crippen LogP contribution is 2.15. The van der Waals surface area contributed by atoms with Crippen LogP contribution in [0.2, 0.25) is 0 Å². The van der Waals surface area contributed by atoms with Crippen molar-refractivity contribution in [3.05, 3.63) is 47.1 Å². The molecule has 2 nitrogen and oxygen atoms in total. The highest BCUT2D eigenvalue weighted by molar-refractivity contribution is 5.82. The summed E-state index contributed by atoms with van der Waals surface area (Å²) in [5, 5.41) is 0. The van der Waals surface area contributed by atoms with Gasteiger partial charge in [-0.05, 0) is 59.5 Å². The van der Waals surface area contributed by atoms with Gasteiger partial charge in [0.25, 0.3) is 0 Å². The van der Waals surface area contributed by atoms with E-state index in [2.05, 4.69) is 45.9 Å². The summed E-state index contributed by atoms with van der Waals surface area (Å²) in [6.45, 7) is 8.59. The van der Waals surface area contributed by atoms with Crippen LogP contribution < -0.4 is 0 Å². The molecule has 0 aromatic rings. The van der Waals surface area contributed by atoms with E-state index in [1.165, 1.54) is 22.8 Å². The van der Waals surface area contributed by atoms with Crippen LogP contribution in [-0.4, -0.2) is 12.1 Å². The van der Waals surface area contributed by atoms with E-state index in [-0.39, 0.29) is 12.1 Å². The van der Waals surface area contributed by atoms with E-state index < -0.39 is 0 Å². The van der Waals surface area contributed by atoms with Crippen LogP contribution in [0.4, 0.5) is 0 Å². The molecular formula is C19H28O2. The lowest BCUT2D eigenvalue weighted by Crippen LogP contribution is -2.17. The normalized spacial score (nSPS) is 19.4. The fourth-order valence-electron chi connectivity index (χ4n) is 2.27. The maximum absolute atomic E-state index is 11.2. The molecule has 0 fully saturated rings. The Morgan fingerprint density at radius 1 is 1.14 bits per heavy atom. The first-order valence-corrected chi connectivity index (χ1v) is 7.81. The minimum Gasteiger partial charge on any atom is -0.455 e. The van der Waals surface area contributed by atoms with Gasteiger partial charge in [-0.25, -0.2) is 4.79 Å². The smallest absolute Gasteiger partial charge is 0.331 e. The van der Waals surface area contributed by atoms with Gasteiger partial charge >= 0.3 is 5.97 Å². The predicted octanol–water partition coefficient (Wildman–Crippen LogP) is 5.28. The number of cyclic esters (lactones) is 1. The molecule has 1 rings (SSSR count). The maximum Gasteiger partial charge on any atom is 0.331 e. The highest BCUT2D eigenvalue weighted by atomic mass is 16.5. The van der Waals surface area contributed by atoms with Gasteiger partial charge in [0.1, 0.15) is 6.10 Å². The number of carbonyl (C=O) groups excluding carboxylic acids is 1. The van der Waals surface area contributed by atoms with E-state index in [1.54, 1.807) is 0 Å². The Morgan fingerprint density at radius 3 is 2.48 bits per heavy atom. The van der Waals surface area contributed by atoms with E-state index in [0.29, 0.717) is 0 Å². The second kappa shape index (κ2) is 9.38. The zero-order valence-electron chi connectivity index (χ0n) is 13.8. The average Bonchev–Trinajstić information content (AvgIpc) is 2.38. The van der Waals surface area contributed by atoms with Crippen LogP contribution >= 0.6 is 0 Å². The van der Waals surface area contributed by atoms with Crippen molar-refractivity contribution in [2.24, 2.45) is 0 Å². The Hall–Kier alpha value is -1.57. The minimum absolute atomic E-state index is 0.0785. The summed E-state index contributed by atoms with van der Waals surface area (Å²) in [6.07, 6.45) is 15.1. The molecule has 1 aliphatic rings. The summed E-state index contributed by atoms with van der Waals surface area (Å²) < 4.78 is 5.24. The number of hydrogen-bond donors (Lipinski definition) is 0. The van der Waals surface area contributed by atoms with Gasteiger partial charge in [0, 0.05) is 12.5 Å². The number of allylic oxidation sites excluding steroid dienone is 5. The van der Waals surface area contributed by atoms with Crippen LogP contribution in [0, 0.1) is 0 Å². The summed E-state index contributed by atoms with van der Waals surface area (Å²) >= 11 is 0. The van der Waals surface area contributed by atoms with Gasteiger partial charge in [0.05, 0.1) is 0 Å². The second-order valence-electron chi connectivity index (χ2n) is 6.04. The molecule has 116 valence electrons. The van der Waals surface area contributed by atoms with Crippen molar-refractivity contribution in [3.8, 4) is 0 Å². The molecule has 1 heterocycles. The van der Waals surface area contributed by atoms with Gasteiger partial charge in [-0.15, -0.1) is 0 Å². The lowest BCUT2D eigenvalue weighted by molar-refractivity contribution is -0.141. The van der Waals surface area contributed by atoms with E-state index in [9.17, 15) is 4.79 Å². The molecule has 0 bridgehead atoms. The van der Waals surface area contributed by atoms with Crippen LogP contribution in [0.25, 0.3) is 0 Å². The maximum atomic E-state index is 11.2. The number of rotatable bonds is 7. The lowest BCUT2D eigenvalue weighted by Gasteiger charge is -2.16. The van der Waals surface area contributed by atoms with Crippen molar-refractivity contribution in [1.29, 1.82) is 0 Å². The monoisotopic (exact) mass is 288 g/mol. The van der Waals surface area contributed by atoms with Crippen LogP contribution in [0.1, 0.15) is 59.8 Å². The molecule has 1 atom stereocenters. The first-order valence-electron chi connectivity index (χ1n) is 7.81. The van der Waals surface area contributed by atoms with Crippen molar-refractivity contribution in [2.75, 3.05) is 0 Å². The Labute approximate surface area is 129 Å². The van der Waals surface area contributed by atoms with Gasteiger partial charge in [-0.1, -0.05) is 34.9 Å². The Morgan fingerprint density at radius 2 is 1.81 bits per heavy atom. The molecule has 0 aromatic heterocycles. The van der Waals surface area contributed by atoms with Crippen molar-refractivity contribution in [1.82, 2.24) is 0 Å². The molecule has 0 unspecified atom stereocenters. The number of carbonyl (C=O) groups is 1. The molecule has 0 saturated heterocycles. The largest absolute Gasteiger partial charge is 0.455 e. The SMILES string of the molecule is CC(C)=CCC/C(C)=C/CC/C(C)=C/[C@H]1CC=CC(=O)O1. The van der Waals surface area contributed by atoms with E-state index >= 15 is 0 Å². The van der Waals surface area contributed by atoms with Crippen molar-refractivity contribution in [2.45, 2.75) is 65.9 Å². The zero-order chi connectivity index (χ0) is 15.7. The average molecular weight is 288 g/mol. The third-order valence-corrected chi connectivity index (χ3v) is 3.48. The number of ether oxygens (including phenoxy) is 1. The highest BCUT2D eigenvalue weighted by Gasteiger charge is 2.13. The predicted molar refractivity (Wildman–Crippen MR) is 89.1 cm³/mol. The summed E-state index contributed by atoms with van der Waals surface area (Å²) in [5.74, 6) is -0.231. The quantitative estimate of drug-likeness (QED) is 0.471. The van der Waals surface area contributed by atoms with E-state index in [0.717, 1.165) is 32.1 Å². The van der Waals surface area contributed by atoms with Crippen molar-refractivity contribution < 1.29 is 9.53 Å². The molecular weight excluding hydrogens is 260 g/mol. The van der Waals surface area contributed by atoms with Gasteiger partial charge < -0.3 is 4.74 Å². The summed E-state index contributed by atoms with van der Waals surface area (Å²) in [5.41, 5.74) is 4.13. The molecule has 0 spiro atoms. The molecule has 21 heavy (non-hydrogen) atoms. The van der Waals surface area contributed by atoms with Crippen molar-refractivity contribution >= 4 is 5.97 Å². The third kappa shape index (κ3) is 8.34.